The van der Waals surface area contributed by atoms with Crippen LogP contribution >= 0.6 is 0 Å². The summed E-state index contributed by atoms with van der Waals surface area (Å²) in [4.78, 5) is 29.1. The van der Waals surface area contributed by atoms with Crippen molar-refractivity contribution in [3.05, 3.63) is 78.1 Å². The van der Waals surface area contributed by atoms with Crippen LogP contribution in [0.2, 0.25) is 0 Å². The summed E-state index contributed by atoms with van der Waals surface area (Å²) < 4.78 is 15.9. The van der Waals surface area contributed by atoms with Crippen molar-refractivity contribution in [3.63, 3.8) is 0 Å². The van der Waals surface area contributed by atoms with E-state index in [0.717, 1.165) is 0 Å². The monoisotopic (exact) mass is 433 g/mol. The zero-order chi connectivity index (χ0) is 22.9. The van der Waals surface area contributed by atoms with E-state index in [0.29, 0.717) is 39.8 Å². The zero-order valence-corrected chi connectivity index (χ0v) is 17.9. The molecular weight excluding hydrogens is 410 g/mol. The second-order valence-corrected chi connectivity index (χ2v) is 6.52. The largest absolute Gasteiger partial charge is 0.493 e. The third-order valence-electron chi connectivity index (χ3n) is 4.46. The lowest BCUT2D eigenvalue weighted by Crippen LogP contribution is -2.17. The Kier molecular flexibility index (Phi) is 7.42. The van der Waals surface area contributed by atoms with Gasteiger partial charge in [0.1, 0.15) is 0 Å². The topological polar surface area (TPSA) is 98.8 Å². The Morgan fingerprint density at radius 2 is 1.62 bits per heavy atom. The molecule has 0 unspecified atom stereocenters. The fraction of sp³-hybridized carbons (Fsp3) is 0.125. The van der Waals surface area contributed by atoms with Crippen LogP contribution in [0, 0.1) is 0 Å². The van der Waals surface area contributed by atoms with E-state index in [1.54, 1.807) is 67.0 Å². The minimum atomic E-state index is -0.402. The standard InChI is InChI=1S/C24H23N3O5/c1-30-20-13-16(14-21(31-2)23(20)32-3)10-11-22(28)27-19-9-5-4-8-18(19)24(29)26-17-7-6-12-25-15-17/h4-15H,1-3H3,(H,26,29)(H,27,28)/b11-10+. The maximum atomic E-state index is 12.6. The van der Waals surface area contributed by atoms with Gasteiger partial charge >= 0.3 is 0 Å². The Balaban J connectivity index is 1.76. The number of benzene rings is 2. The lowest BCUT2D eigenvalue weighted by atomic mass is 10.1. The molecule has 0 bridgehead atoms. The number of carbonyl (C=O) groups excluding carboxylic acids is 2. The Morgan fingerprint density at radius 3 is 2.25 bits per heavy atom. The second-order valence-electron chi connectivity index (χ2n) is 6.52. The van der Waals surface area contributed by atoms with Gasteiger partial charge in [0.05, 0.1) is 44.5 Å². The quantitative estimate of drug-likeness (QED) is 0.521. The van der Waals surface area contributed by atoms with E-state index in [2.05, 4.69) is 15.6 Å². The van der Waals surface area contributed by atoms with Crippen LogP contribution in [0.4, 0.5) is 11.4 Å². The maximum Gasteiger partial charge on any atom is 0.257 e. The molecule has 0 fully saturated rings. The number of nitrogens with zero attached hydrogens (tertiary/aromatic N) is 1. The lowest BCUT2D eigenvalue weighted by molar-refractivity contribution is -0.111. The van der Waals surface area contributed by atoms with E-state index in [4.69, 9.17) is 14.2 Å². The number of rotatable bonds is 8. The average molecular weight is 433 g/mol. The third kappa shape index (κ3) is 5.42. The van der Waals surface area contributed by atoms with Crippen LogP contribution in [-0.4, -0.2) is 38.1 Å². The fourth-order valence-electron chi connectivity index (χ4n) is 2.97. The van der Waals surface area contributed by atoms with Gasteiger partial charge in [0.15, 0.2) is 11.5 Å². The first-order valence-electron chi connectivity index (χ1n) is 9.65. The summed E-state index contributed by atoms with van der Waals surface area (Å²) in [7, 11) is 4.56. The summed E-state index contributed by atoms with van der Waals surface area (Å²) in [5.74, 6) is 0.654. The molecule has 1 heterocycles. The summed E-state index contributed by atoms with van der Waals surface area (Å²) in [5.41, 5.74) is 1.94. The smallest absolute Gasteiger partial charge is 0.257 e. The molecule has 8 heteroatoms. The normalized spacial score (nSPS) is 10.5. The summed E-state index contributed by atoms with van der Waals surface area (Å²) >= 11 is 0. The molecule has 0 saturated heterocycles. The number of carbonyl (C=O) groups is 2. The van der Waals surface area contributed by atoms with E-state index >= 15 is 0 Å². The number of nitrogens with one attached hydrogen (secondary N) is 2. The van der Waals surface area contributed by atoms with E-state index in [1.807, 2.05) is 0 Å². The van der Waals surface area contributed by atoms with Gasteiger partial charge in [-0.25, -0.2) is 0 Å². The molecule has 0 aliphatic rings. The van der Waals surface area contributed by atoms with Crippen molar-refractivity contribution >= 4 is 29.3 Å². The first-order valence-corrected chi connectivity index (χ1v) is 9.65. The van der Waals surface area contributed by atoms with E-state index in [9.17, 15) is 9.59 Å². The first-order chi connectivity index (χ1) is 15.5. The molecule has 32 heavy (non-hydrogen) atoms. The van der Waals surface area contributed by atoms with E-state index in [-0.39, 0.29) is 5.91 Å². The third-order valence-corrected chi connectivity index (χ3v) is 4.46. The summed E-state index contributed by atoms with van der Waals surface area (Å²) in [6.07, 6.45) is 6.12. The van der Waals surface area contributed by atoms with Crippen molar-refractivity contribution in [2.45, 2.75) is 0 Å². The molecule has 0 aliphatic heterocycles. The highest BCUT2D eigenvalue weighted by molar-refractivity contribution is 6.11. The molecular formula is C24H23N3O5. The minimum absolute atomic E-state index is 0.325. The Labute approximate surface area is 185 Å². The molecule has 1 aromatic heterocycles. The number of amides is 2. The van der Waals surface area contributed by atoms with Gasteiger partial charge in [-0.2, -0.15) is 0 Å². The number of pyridine rings is 1. The number of anilines is 2. The molecule has 0 saturated carbocycles. The van der Waals surface area contributed by atoms with Crippen molar-refractivity contribution in [1.82, 2.24) is 4.98 Å². The van der Waals surface area contributed by atoms with Crippen LogP contribution in [0.5, 0.6) is 17.2 Å². The number of ether oxygens (including phenoxy) is 3. The van der Waals surface area contributed by atoms with Gasteiger partial charge in [-0.1, -0.05) is 12.1 Å². The van der Waals surface area contributed by atoms with Crippen LogP contribution in [0.25, 0.3) is 6.08 Å². The summed E-state index contributed by atoms with van der Waals surface area (Å²) in [5, 5.41) is 5.49. The van der Waals surface area contributed by atoms with Crippen LogP contribution in [0.1, 0.15) is 15.9 Å². The Morgan fingerprint density at radius 1 is 0.906 bits per heavy atom. The highest BCUT2D eigenvalue weighted by Gasteiger charge is 2.14. The van der Waals surface area contributed by atoms with Crippen LogP contribution in [-0.2, 0) is 4.79 Å². The molecule has 0 atom stereocenters. The van der Waals surface area contributed by atoms with Gasteiger partial charge < -0.3 is 24.8 Å². The summed E-state index contributed by atoms with van der Waals surface area (Å²) in [6.45, 7) is 0. The fourth-order valence-corrected chi connectivity index (χ4v) is 2.97. The molecule has 2 amide bonds. The molecule has 3 rings (SSSR count). The molecule has 2 N–H and O–H groups in total. The van der Waals surface area contributed by atoms with Crippen LogP contribution in [0.15, 0.2) is 67.0 Å². The predicted octanol–water partition coefficient (Wildman–Crippen LogP) is 4.01. The van der Waals surface area contributed by atoms with Crippen LogP contribution in [0.3, 0.4) is 0 Å². The van der Waals surface area contributed by atoms with Crippen molar-refractivity contribution in [2.24, 2.45) is 0 Å². The average Bonchev–Trinajstić information content (AvgIpc) is 2.82. The van der Waals surface area contributed by atoms with Gasteiger partial charge in [-0.15, -0.1) is 0 Å². The first kappa shape index (κ1) is 22.4. The molecule has 3 aromatic rings. The van der Waals surface area contributed by atoms with Crippen molar-refractivity contribution in [1.29, 1.82) is 0 Å². The number of hydrogen-bond acceptors (Lipinski definition) is 6. The molecule has 0 radical (unpaired) electrons. The Hall–Kier alpha value is -4.33. The van der Waals surface area contributed by atoms with Crippen molar-refractivity contribution in [2.75, 3.05) is 32.0 Å². The molecule has 0 spiro atoms. The van der Waals surface area contributed by atoms with Gasteiger partial charge in [0.25, 0.3) is 5.91 Å². The molecule has 8 nitrogen and oxygen atoms in total. The van der Waals surface area contributed by atoms with Crippen molar-refractivity contribution < 1.29 is 23.8 Å². The van der Waals surface area contributed by atoms with Crippen molar-refractivity contribution in [3.8, 4) is 17.2 Å². The van der Waals surface area contributed by atoms with Crippen LogP contribution < -0.4 is 24.8 Å². The Bertz CT molecular complexity index is 1100. The SMILES string of the molecule is COc1cc(/C=C/C(=O)Nc2ccccc2C(=O)Nc2cccnc2)cc(OC)c1OC. The van der Waals surface area contributed by atoms with E-state index in [1.165, 1.54) is 27.4 Å². The lowest BCUT2D eigenvalue weighted by Gasteiger charge is -2.13. The maximum absolute atomic E-state index is 12.6. The van der Waals surface area contributed by atoms with Gasteiger partial charge in [-0.3, -0.25) is 14.6 Å². The molecule has 2 aromatic carbocycles. The zero-order valence-electron chi connectivity index (χ0n) is 17.9. The second kappa shape index (κ2) is 10.6. The van der Waals surface area contributed by atoms with E-state index < -0.39 is 5.91 Å². The summed E-state index contributed by atoms with van der Waals surface area (Å²) in [6, 6.07) is 13.6. The number of aromatic nitrogens is 1. The van der Waals surface area contributed by atoms with Gasteiger partial charge in [0.2, 0.25) is 11.7 Å². The number of hydrogen-bond donors (Lipinski definition) is 2. The van der Waals surface area contributed by atoms with Gasteiger partial charge in [-0.05, 0) is 48.0 Å². The highest BCUT2D eigenvalue weighted by Crippen LogP contribution is 2.38. The highest BCUT2D eigenvalue weighted by atomic mass is 16.5. The predicted molar refractivity (Wildman–Crippen MR) is 122 cm³/mol. The number of para-hydroxylation sites is 1. The minimum Gasteiger partial charge on any atom is -0.493 e. The number of methoxy groups -OCH3 is 3. The molecule has 0 aliphatic carbocycles. The molecule has 164 valence electrons. The van der Waals surface area contributed by atoms with Gasteiger partial charge in [0, 0.05) is 12.3 Å².